The number of amides is 2. The number of halogens is 1. The normalized spacial score (nSPS) is 16.2. The molecule has 0 bridgehead atoms. The van der Waals surface area contributed by atoms with Gasteiger partial charge in [-0.1, -0.05) is 6.07 Å². The number of likely N-dealkylation sites (tertiary alicyclic amines) is 1. The Hall–Kier alpha value is -1.82. The van der Waals surface area contributed by atoms with E-state index in [2.05, 4.69) is 5.32 Å². The number of hydrogen-bond acceptors (Lipinski definition) is 3. The van der Waals surface area contributed by atoms with Gasteiger partial charge >= 0.3 is 6.03 Å². The van der Waals surface area contributed by atoms with Gasteiger partial charge in [-0.3, -0.25) is 0 Å². The summed E-state index contributed by atoms with van der Waals surface area (Å²) in [5.41, 5.74) is 0.596. The van der Waals surface area contributed by atoms with Crippen LogP contribution < -0.4 is 5.32 Å². The second kappa shape index (κ2) is 6.56. The van der Waals surface area contributed by atoms with Crippen molar-refractivity contribution in [1.29, 1.82) is 0 Å². The first kappa shape index (κ1) is 14.6. The van der Waals surface area contributed by atoms with Crippen LogP contribution in [0.1, 0.15) is 18.4 Å². The third-order valence-electron chi connectivity index (χ3n) is 3.62. The minimum atomic E-state index is -0.694. The number of carbonyl (C=O) groups is 1. The number of phenolic OH excluding ortho intramolecular Hbond substituents is 1. The van der Waals surface area contributed by atoms with Crippen molar-refractivity contribution in [1.82, 2.24) is 10.2 Å². The lowest BCUT2D eigenvalue weighted by atomic mass is 9.98. The van der Waals surface area contributed by atoms with Gasteiger partial charge in [0.25, 0.3) is 0 Å². The van der Waals surface area contributed by atoms with Crippen molar-refractivity contribution < 1.29 is 19.4 Å². The van der Waals surface area contributed by atoms with Gasteiger partial charge < -0.3 is 20.4 Å². The molecule has 5 nitrogen and oxygen atoms in total. The van der Waals surface area contributed by atoms with E-state index < -0.39 is 11.6 Å². The second-order valence-electron chi connectivity index (χ2n) is 5.06. The van der Waals surface area contributed by atoms with E-state index in [0.717, 1.165) is 12.8 Å². The number of aliphatic hydroxyl groups excluding tert-OH is 1. The molecule has 0 unspecified atom stereocenters. The molecule has 0 spiro atoms. The predicted octanol–water partition coefficient (Wildman–Crippen LogP) is 1.45. The van der Waals surface area contributed by atoms with E-state index in [1.165, 1.54) is 12.1 Å². The number of urea groups is 1. The van der Waals surface area contributed by atoms with E-state index >= 15 is 0 Å². The average molecular weight is 282 g/mol. The first-order valence-electron chi connectivity index (χ1n) is 6.71. The number of aliphatic hydroxyl groups is 1. The molecule has 0 atom stereocenters. The SMILES string of the molecule is O=C(NCc1ccc(O)c(F)c1)N1CCC(CO)CC1. The van der Waals surface area contributed by atoms with Crippen molar-refractivity contribution in [3.05, 3.63) is 29.6 Å². The van der Waals surface area contributed by atoms with Gasteiger partial charge in [0.1, 0.15) is 0 Å². The lowest BCUT2D eigenvalue weighted by Crippen LogP contribution is -2.44. The number of piperidine rings is 1. The fraction of sp³-hybridized carbons (Fsp3) is 0.500. The lowest BCUT2D eigenvalue weighted by molar-refractivity contribution is 0.137. The maximum atomic E-state index is 13.1. The van der Waals surface area contributed by atoms with E-state index in [1.807, 2.05) is 0 Å². The molecular formula is C14H19FN2O3. The van der Waals surface area contributed by atoms with Gasteiger partial charge in [-0.15, -0.1) is 0 Å². The Morgan fingerprint density at radius 1 is 1.40 bits per heavy atom. The van der Waals surface area contributed by atoms with E-state index in [4.69, 9.17) is 10.2 Å². The van der Waals surface area contributed by atoms with Gasteiger partial charge in [-0.25, -0.2) is 9.18 Å². The largest absolute Gasteiger partial charge is 0.505 e. The molecular weight excluding hydrogens is 263 g/mol. The van der Waals surface area contributed by atoms with Crippen LogP contribution in [-0.4, -0.2) is 40.8 Å². The van der Waals surface area contributed by atoms with Crippen LogP contribution in [0.4, 0.5) is 9.18 Å². The fourth-order valence-electron chi connectivity index (χ4n) is 2.27. The number of benzene rings is 1. The molecule has 1 saturated heterocycles. The number of phenols is 1. The molecule has 1 heterocycles. The van der Waals surface area contributed by atoms with Crippen LogP contribution in [0.2, 0.25) is 0 Å². The van der Waals surface area contributed by atoms with Crippen LogP contribution in [0.5, 0.6) is 5.75 Å². The number of hydrogen-bond donors (Lipinski definition) is 3. The summed E-state index contributed by atoms with van der Waals surface area (Å²) in [6.07, 6.45) is 1.61. The summed E-state index contributed by atoms with van der Waals surface area (Å²) in [5.74, 6) is -0.808. The molecule has 0 saturated carbocycles. The minimum Gasteiger partial charge on any atom is -0.505 e. The smallest absolute Gasteiger partial charge is 0.317 e. The molecule has 1 aliphatic heterocycles. The Balaban J connectivity index is 1.81. The standard InChI is InChI=1S/C14H19FN2O3/c15-12-7-11(1-2-13(12)19)8-16-14(20)17-5-3-10(9-18)4-6-17/h1-2,7,10,18-19H,3-6,8-9H2,(H,16,20). The van der Waals surface area contributed by atoms with Crippen LogP contribution in [-0.2, 0) is 6.54 Å². The van der Waals surface area contributed by atoms with E-state index in [9.17, 15) is 9.18 Å². The number of aromatic hydroxyl groups is 1. The third-order valence-corrected chi connectivity index (χ3v) is 3.62. The molecule has 0 radical (unpaired) electrons. The molecule has 0 aromatic heterocycles. The molecule has 1 fully saturated rings. The van der Waals surface area contributed by atoms with Crippen molar-refractivity contribution >= 4 is 6.03 Å². The zero-order valence-corrected chi connectivity index (χ0v) is 11.2. The van der Waals surface area contributed by atoms with Gasteiger partial charge in [0.2, 0.25) is 0 Å². The molecule has 2 rings (SSSR count). The van der Waals surface area contributed by atoms with Gasteiger partial charge in [-0.2, -0.15) is 0 Å². The maximum absolute atomic E-state index is 13.1. The molecule has 20 heavy (non-hydrogen) atoms. The molecule has 1 aliphatic rings. The van der Waals surface area contributed by atoms with Crippen LogP contribution in [0.3, 0.4) is 0 Å². The Labute approximate surface area is 117 Å². The summed E-state index contributed by atoms with van der Waals surface area (Å²) in [6.45, 7) is 1.64. The van der Waals surface area contributed by atoms with Gasteiger partial charge in [0.05, 0.1) is 0 Å². The monoisotopic (exact) mass is 282 g/mol. The van der Waals surface area contributed by atoms with Crippen LogP contribution in [0.15, 0.2) is 18.2 Å². The molecule has 0 aliphatic carbocycles. The Bertz CT molecular complexity index is 473. The quantitative estimate of drug-likeness (QED) is 0.785. The van der Waals surface area contributed by atoms with Crippen molar-refractivity contribution in [2.75, 3.05) is 19.7 Å². The zero-order chi connectivity index (χ0) is 14.5. The Kier molecular flexibility index (Phi) is 4.79. The Morgan fingerprint density at radius 2 is 2.10 bits per heavy atom. The molecule has 3 N–H and O–H groups in total. The third kappa shape index (κ3) is 3.60. The van der Waals surface area contributed by atoms with Crippen LogP contribution in [0, 0.1) is 11.7 Å². The summed E-state index contributed by atoms with van der Waals surface area (Å²) in [4.78, 5) is 13.6. The second-order valence-corrected chi connectivity index (χ2v) is 5.06. The van der Waals surface area contributed by atoms with E-state index in [-0.39, 0.29) is 25.1 Å². The number of nitrogens with zero attached hydrogens (tertiary/aromatic N) is 1. The number of carbonyl (C=O) groups excluding carboxylic acids is 1. The first-order valence-corrected chi connectivity index (χ1v) is 6.71. The highest BCUT2D eigenvalue weighted by molar-refractivity contribution is 5.74. The highest BCUT2D eigenvalue weighted by atomic mass is 19.1. The highest BCUT2D eigenvalue weighted by Gasteiger charge is 2.21. The molecule has 110 valence electrons. The summed E-state index contributed by atoms with van der Waals surface area (Å²) in [6, 6.07) is 3.85. The molecule has 1 aromatic rings. The first-order chi connectivity index (χ1) is 9.60. The van der Waals surface area contributed by atoms with E-state index in [0.29, 0.717) is 18.7 Å². The summed E-state index contributed by atoms with van der Waals surface area (Å²) >= 11 is 0. The topological polar surface area (TPSA) is 72.8 Å². The minimum absolute atomic E-state index is 0.169. The summed E-state index contributed by atoms with van der Waals surface area (Å²) in [5, 5.41) is 20.8. The highest BCUT2D eigenvalue weighted by Crippen LogP contribution is 2.17. The lowest BCUT2D eigenvalue weighted by Gasteiger charge is -2.31. The van der Waals surface area contributed by atoms with Gasteiger partial charge in [0.15, 0.2) is 11.6 Å². The van der Waals surface area contributed by atoms with Gasteiger partial charge in [-0.05, 0) is 36.5 Å². The zero-order valence-electron chi connectivity index (χ0n) is 11.2. The number of nitrogens with one attached hydrogen (secondary N) is 1. The van der Waals surface area contributed by atoms with Crippen molar-refractivity contribution in [3.63, 3.8) is 0 Å². The van der Waals surface area contributed by atoms with Gasteiger partial charge in [0, 0.05) is 26.2 Å². The average Bonchev–Trinajstić information content (AvgIpc) is 2.48. The molecule has 1 aromatic carbocycles. The Morgan fingerprint density at radius 3 is 2.70 bits per heavy atom. The predicted molar refractivity (Wildman–Crippen MR) is 71.7 cm³/mol. The fourth-order valence-corrected chi connectivity index (χ4v) is 2.27. The van der Waals surface area contributed by atoms with Crippen molar-refractivity contribution in [2.45, 2.75) is 19.4 Å². The number of rotatable bonds is 3. The maximum Gasteiger partial charge on any atom is 0.317 e. The van der Waals surface area contributed by atoms with Crippen LogP contribution in [0.25, 0.3) is 0 Å². The van der Waals surface area contributed by atoms with Crippen molar-refractivity contribution in [3.8, 4) is 5.75 Å². The van der Waals surface area contributed by atoms with E-state index in [1.54, 1.807) is 11.0 Å². The van der Waals surface area contributed by atoms with Crippen LogP contribution >= 0.6 is 0 Å². The van der Waals surface area contributed by atoms with Crippen molar-refractivity contribution in [2.24, 2.45) is 5.92 Å². The molecule has 6 heteroatoms. The summed E-state index contributed by atoms with van der Waals surface area (Å²) < 4.78 is 13.1. The molecule has 2 amide bonds. The summed E-state index contributed by atoms with van der Waals surface area (Å²) in [7, 11) is 0.